The van der Waals surface area contributed by atoms with Crippen molar-refractivity contribution in [1.29, 1.82) is 0 Å². The first kappa shape index (κ1) is 17.0. The highest BCUT2D eigenvalue weighted by atomic mass is 16.4. The summed E-state index contributed by atoms with van der Waals surface area (Å²) in [6.45, 7) is 7.33. The molecule has 1 rings (SSSR count). The Labute approximate surface area is 124 Å². The second-order valence-electron chi connectivity index (χ2n) is 5.30. The van der Waals surface area contributed by atoms with E-state index in [-0.39, 0.29) is 18.5 Å². The first-order valence-corrected chi connectivity index (χ1v) is 7.15. The van der Waals surface area contributed by atoms with Crippen molar-refractivity contribution < 1.29 is 14.7 Å². The van der Waals surface area contributed by atoms with Crippen LogP contribution in [0.3, 0.4) is 0 Å². The van der Waals surface area contributed by atoms with Crippen LogP contribution >= 0.6 is 0 Å². The van der Waals surface area contributed by atoms with Crippen LogP contribution in [0.5, 0.6) is 0 Å². The number of carboxylic acid groups (broad SMARTS) is 1. The van der Waals surface area contributed by atoms with Crippen LogP contribution in [0.1, 0.15) is 32.3 Å². The Morgan fingerprint density at radius 3 is 2.71 bits per heavy atom. The van der Waals surface area contributed by atoms with Gasteiger partial charge < -0.3 is 15.3 Å². The predicted octanol–water partition coefficient (Wildman–Crippen LogP) is 1.48. The number of carbonyl (C=O) groups excluding carboxylic acids is 1. The van der Waals surface area contributed by atoms with Crippen molar-refractivity contribution in [3.8, 4) is 0 Å². The van der Waals surface area contributed by atoms with E-state index in [1.807, 2.05) is 27.0 Å². The molecule has 7 nitrogen and oxygen atoms in total. The number of aryl methyl sites for hydroxylation is 1. The number of aromatic nitrogens is 2. The highest BCUT2D eigenvalue weighted by Gasteiger charge is 2.16. The first-order chi connectivity index (χ1) is 9.90. The first-order valence-electron chi connectivity index (χ1n) is 7.15. The largest absolute Gasteiger partial charge is 0.481 e. The van der Waals surface area contributed by atoms with Gasteiger partial charge in [-0.15, -0.1) is 0 Å². The summed E-state index contributed by atoms with van der Waals surface area (Å²) in [6, 6.07) is -0.134. The number of rotatable bonds is 8. The third kappa shape index (κ3) is 6.29. The summed E-state index contributed by atoms with van der Waals surface area (Å²) in [5, 5.41) is 15.6. The second-order valence-corrected chi connectivity index (χ2v) is 5.30. The number of urea groups is 1. The van der Waals surface area contributed by atoms with E-state index < -0.39 is 5.97 Å². The minimum Gasteiger partial charge on any atom is -0.481 e. The number of nitrogens with one attached hydrogen (secondary N) is 1. The second kappa shape index (κ2) is 8.28. The Kier molecular flexibility index (Phi) is 6.71. The summed E-state index contributed by atoms with van der Waals surface area (Å²) in [5.41, 5.74) is 1.08. The number of aliphatic carboxylic acids is 1. The van der Waals surface area contributed by atoms with Gasteiger partial charge in [0.2, 0.25) is 0 Å². The van der Waals surface area contributed by atoms with Crippen molar-refractivity contribution in [2.45, 2.75) is 46.2 Å². The number of carboxylic acids is 1. The number of hydrogen-bond donors (Lipinski definition) is 2. The molecule has 0 atom stereocenters. The zero-order chi connectivity index (χ0) is 15.8. The summed E-state index contributed by atoms with van der Waals surface area (Å²) in [4.78, 5) is 24.3. The van der Waals surface area contributed by atoms with Gasteiger partial charge >= 0.3 is 12.0 Å². The smallest absolute Gasteiger partial charge is 0.317 e. The topological polar surface area (TPSA) is 87.5 Å². The number of nitrogens with zero attached hydrogens (tertiary/aromatic N) is 3. The maximum absolute atomic E-state index is 12.1. The highest BCUT2D eigenvalue weighted by molar-refractivity contribution is 5.74. The lowest BCUT2D eigenvalue weighted by Gasteiger charge is -2.26. The Morgan fingerprint density at radius 1 is 1.48 bits per heavy atom. The maximum atomic E-state index is 12.1. The van der Waals surface area contributed by atoms with Gasteiger partial charge in [0.05, 0.1) is 12.7 Å². The fourth-order valence-electron chi connectivity index (χ4n) is 1.96. The molecule has 0 aromatic carbocycles. The van der Waals surface area contributed by atoms with Gasteiger partial charge in [0.25, 0.3) is 0 Å². The third-order valence-electron chi connectivity index (χ3n) is 3.05. The van der Waals surface area contributed by atoms with Crippen molar-refractivity contribution in [2.24, 2.45) is 0 Å². The molecule has 0 aliphatic rings. The highest BCUT2D eigenvalue weighted by Crippen LogP contribution is 2.02. The Balaban J connectivity index is 2.36. The molecule has 0 spiro atoms. The number of carbonyl (C=O) groups is 2. The van der Waals surface area contributed by atoms with Crippen LogP contribution in [-0.2, 0) is 11.3 Å². The molecular weight excluding hydrogens is 272 g/mol. The standard InChI is InChI=1S/C14H24N4O3/c1-11(2)18(7-4-5-13(19)20)14(21)15-6-8-17-10-12(3)9-16-17/h9-11H,4-8H2,1-3H3,(H,15,21)(H,19,20). The van der Waals surface area contributed by atoms with E-state index in [1.54, 1.807) is 15.8 Å². The molecule has 2 amide bonds. The lowest BCUT2D eigenvalue weighted by atomic mass is 10.2. The van der Waals surface area contributed by atoms with Crippen LogP contribution in [0, 0.1) is 6.92 Å². The fourth-order valence-corrected chi connectivity index (χ4v) is 1.96. The summed E-state index contributed by atoms with van der Waals surface area (Å²) in [7, 11) is 0. The lowest BCUT2D eigenvalue weighted by molar-refractivity contribution is -0.137. The van der Waals surface area contributed by atoms with Crippen LogP contribution in [-0.4, -0.2) is 50.9 Å². The van der Waals surface area contributed by atoms with Crippen molar-refractivity contribution in [1.82, 2.24) is 20.0 Å². The quantitative estimate of drug-likeness (QED) is 0.760. The normalized spacial score (nSPS) is 10.7. The molecule has 0 unspecified atom stereocenters. The lowest BCUT2D eigenvalue weighted by Crippen LogP contribution is -2.45. The van der Waals surface area contributed by atoms with Crippen molar-refractivity contribution in [3.05, 3.63) is 18.0 Å². The summed E-state index contributed by atoms with van der Waals surface area (Å²) < 4.78 is 1.78. The minimum atomic E-state index is -0.840. The molecule has 0 aliphatic carbocycles. The zero-order valence-electron chi connectivity index (χ0n) is 12.9. The van der Waals surface area contributed by atoms with Gasteiger partial charge in [0, 0.05) is 31.7 Å². The van der Waals surface area contributed by atoms with Gasteiger partial charge in [-0.3, -0.25) is 9.48 Å². The summed E-state index contributed by atoms with van der Waals surface area (Å²) >= 11 is 0. The van der Waals surface area contributed by atoms with Crippen molar-refractivity contribution in [2.75, 3.05) is 13.1 Å². The minimum absolute atomic E-state index is 0.0331. The molecule has 0 bridgehead atoms. The molecule has 1 aromatic rings. The Morgan fingerprint density at radius 2 is 2.19 bits per heavy atom. The number of amides is 2. The van der Waals surface area contributed by atoms with Gasteiger partial charge in [-0.2, -0.15) is 5.10 Å². The molecule has 1 heterocycles. The molecule has 1 aromatic heterocycles. The Hall–Kier alpha value is -2.05. The van der Waals surface area contributed by atoms with E-state index >= 15 is 0 Å². The molecule has 2 N–H and O–H groups in total. The fraction of sp³-hybridized carbons (Fsp3) is 0.643. The van der Waals surface area contributed by atoms with E-state index in [1.165, 1.54) is 0 Å². The monoisotopic (exact) mass is 296 g/mol. The van der Waals surface area contributed by atoms with Gasteiger partial charge in [-0.25, -0.2) is 4.79 Å². The summed E-state index contributed by atoms with van der Waals surface area (Å²) in [6.07, 6.45) is 4.22. The average Bonchev–Trinajstić information content (AvgIpc) is 2.79. The molecule has 0 aliphatic heterocycles. The molecular formula is C14H24N4O3. The molecule has 21 heavy (non-hydrogen) atoms. The van der Waals surface area contributed by atoms with E-state index in [0.29, 0.717) is 26.1 Å². The third-order valence-corrected chi connectivity index (χ3v) is 3.05. The van der Waals surface area contributed by atoms with Crippen molar-refractivity contribution >= 4 is 12.0 Å². The van der Waals surface area contributed by atoms with Crippen LogP contribution in [0.2, 0.25) is 0 Å². The van der Waals surface area contributed by atoms with Crippen LogP contribution in [0.15, 0.2) is 12.4 Å². The number of hydrogen-bond acceptors (Lipinski definition) is 3. The molecule has 0 saturated carbocycles. The van der Waals surface area contributed by atoms with Crippen LogP contribution in [0.4, 0.5) is 4.79 Å². The van der Waals surface area contributed by atoms with Gasteiger partial charge in [-0.05, 0) is 32.8 Å². The van der Waals surface area contributed by atoms with Gasteiger partial charge in [0.15, 0.2) is 0 Å². The molecule has 7 heteroatoms. The maximum Gasteiger partial charge on any atom is 0.317 e. The molecule has 0 saturated heterocycles. The van der Waals surface area contributed by atoms with Crippen LogP contribution in [0.25, 0.3) is 0 Å². The zero-order valence-corrected chi connectivity index (χ0v) is 12.9. The van der Waals surface area contributed by atoms with E-state index in [4.69, 9.17) is 5.11 Å². The van der Waals surface area contributed by atoms with E-state index in [9.17, 15) is 9.59 Å². The molecule has 118 valence electrons. The van der Waals surface area contributed by atoms with Gasteiger partial charge in [-0.1, -0.05) is 0 Å². The SMILES string of the molecule is Cc1cnn(CCNC(=O)N(CCCC(=O)O)C(C)C)c1. The average molecular weight is 296 g/mol. The van der Waals surface area contributed by atoms with E-state index in [0.717, 1.165) is 5.56 Å². The van der Waals surface area contributed by atoms with Crippen LogP contribution < -0.4 is 5.32 Å². The van der Waals surface area contributed by atoms with Gasteiger partial charge in [0.1, 0.15) is 0 Å². The molecule has 0 radical (unpaired) electrons. The predicted molar refractivity (Wildman–Crippen MR) is 79.1 cm³/mol. The molecule has 0 fully saturated rings. The Bertz CT molecular complexity index is 471. The summed E-state index contributed by atoms with van der Waals surface area (Å²) in [5.74, 6) is -0.840. The van der Waals surface area contributed by atoms with E-state index in [2.05, 4.69) is 10.4 Å². The van der Waals surface area contributed by atoms with Crippen molar-refractivity contribution in [3.63, 3.8) is 0 Å².